The molecule has 3 heterocycles. The number of rotatable bonds is 1. The highest BCUT2D eigenvalue weighted by Gasteiger charge is 2.53. The molecule has 3 aliphatic rings. The van der Waals surface area contributed by atoms with Gasteiger partial charge in [0.1, 0.15) is 6.04 Å². The number of likely N-dealkylation sites (tertiary alicyclic amines) is 1. The maximum atomic E-state index is 12.6. The minimum atomic E-state index is -0.410. The van der Waals surface area contributed by atoms with Crippen molar-refractivity contribution in [2.45, 2.75) is 49.6 Å². The molecule has 0 aliphatic carbocycles. The Hall–Kier alpha value is -0.750. The Morgan fingerprint density at radius 3 is 3.05 bits per heavy atom. The summed E-state index contributed by atoms with van der Waals surface area (Å²) in [7, 11) is 0. The lowest BCUT2D eigenvalue weighted by Crippen LogP contribution is -2.54. The van der Waals surface area contributed by atoms with E-state index in [2.05, 4.69) is 6.92 Å². The van der Waals surface area contributed by atoms with Gasteiger partial charge in [0.2, 0.25) is 11.8 Å². The van der Waals surface area contributed by atoms with Crippen LogP contribution < -0.4 is 0 Å². The van der Waals surface area contributed by atoms with Crippen LogP contribution in [0.3, 0.4) is 0 Å². The molecule has 3 aliphatic heterocycles. The molecule has 2 amide bonds. The number of thioether (sulfide) groups is 1. The van der Waals surface area contributed by atoms with Crippen LogP contribution in [-0.4, -0.2) is 62.6 Å². The number of nitrogens with zero attached hydrogens (tertiary/aromatic N) is 2. The Kier molecular flexibility index (Phi) is 3.25. The maximum absolute atomic E-state index is 12.6. The van der Waals surface area contributed by atoms with Gasteiger partial charge in [-0.15, -0.1) is 11.8 Å². The Morgan fingerprint density at radius 2 is 2.32 bits per heavy atom. The largest absolute Gasteiger partial charge is 0.391 e. The third-order valence-corrected chi connectivity index (χ3v) is 5.94. The van der Waals surface area contributed by atoms with Gasteiger partial charge in [-0.25, -0.2) is 0 Å². The molecule has 2 unspecified atom stereocenters. The summed E-state index contributed by atoms with van der Waals surface area (Å²) >= 11 is 1.72. The molecule has 3 rings (SSSR count). The molecular weight excluding hydrogens is 264 g/mol. The summed E-state index contributed by atoms with van der Waals surface area (Å²) in [5, 5.41) is 9.68. The highest BCUT2D eigenvalue weighted by molar-refractivity contribution is 8.01. The first-order valence-electron chi connectivity index (χ1n) is 6.94. The highest BCUT2D eigenvalue weighted by Crippen LogP contribution is 2.47. The van der Waals surface area contributed by atoms with Crippen molar-refractivity contribution in [3.63, 3.8) is 0 Å². The predicted molar refractivity (Wildman–Crippen MR) is 72.6 cm³/mol. The number of fused-ring (bicyclic) bond motifs is 1. The average Bonchev–Trinajstić information content (AvgIpc) is 2.86. The van der Waals surface area contributed by atoms with Gasteiger partial charge >= 0.3 is 0 Å². The molecule has 1 N–H and O–H groups in total. The van der Waals surface area contributed by atoms with Gasteiger partial charge in [0.15, 0.2) is 0 Å². The summed E-state index contributed by atoms with van der Waals surface area (Å²) in [4.78, 5) is 27.9. The Balaban J connectivity index is 1.75. The monoisotopic (exact) mass is 284 g/mol. The SMILES string of the molecule is CC12CCC(=O)N1C(C(=O)N1CCC[C@H](O)C1)CS2. The fourth-order valence-corrected chi connectivity index (χ4v) is 4.79. The Labute approximate surface area is 117 Å². The third-order valence-electron chi connectivity index (χ3n) is 4.44. The summed E-state index contributed by atoms with van der Waals surface area (Å²) in [6, 6.07) is -0.324. The van der Waals surface area contributed by atoms with Crippen molar-refractivity contribution < 1.29 is 14.7 Å². The van der Waals surface area contributed by atoms with E-state index in [1.165, 1.54) is 0 Å². The molecule has 3 saturated heterocycles. The van der Waals surface area contributed by atoms with E-state index in [9.17, 15) is 14.7 Å². The van der Waals surface area contributed by atoms with Crippen LogP contribution in [-0.2, 0) is 9.59 Å². The van der Waals surface area contributed by atoms with Crippen molar-refractivity contribution in [2.75, 3.05) is 18.8 Å². The number of piperidine rings is 1. The lowest BCUT2D eigenvalue weighted by Gasteiger charge is -2.35. The van der Waals surface area contributed by atoms with Gasteiger partial charge in [-0.2, -0.15) is 0 Å². The van der Waals surface area contributed by atoms with Crippen LogP contribution in [0.2, 0.25) is 0 Å². The van der Waals surface area contributed by atoms with E-state index in [0.717, 1.165) is 19.3 Å². The number of aliphatic hydroxyl groups is 1. The second kappa shape index (κ2) is 4.66. The van der Waals surface area contributed by atoms with Gasteiger partial charge in [-0.05, 0) is 26.2 Å². The van der Waals surface area contributed by atoms with E-state index in [1.54, 1.807) is 21.6 Å². The van der Waals surface area contributed by atoms with E-state index >= 15 is 0 Å². The van der Waals surface area contributed by atoms with E-state index in [4.69, 9.17) is 0 Å². The molecular formula is C13H20N2O3S. The first-order chi connectivity index (χ1) is 9.01. The predicted octanol–water partition coefficient (Wildman–Crippen LogP) is 0.424. The van der Waals surface area contributed by atoms with Crippen LogP contribution >= 0.6 is 11.8 Å². The number of carbonyl (C=O) groups is 2. The van der Waals surface area contributed by atoms with Crippen LogP contribution in [0.1, 0.15) is 32.6 Å². The molecule has 106 valence electrons. The zero-order chi connectivity index (χ0) is 13.6. The molecule has 0 bridgehead atoms. The van der Waals surface area contributed by atoms with Crippen molar-refractivity contribution >= 4 is 23.6 Å². The van der Waals surface area contributed by atoms with Crippen molar-refractivity contribution in [1.29, 1.82) is 0 Å². The topological polar surface area (TPSA) is 60.9 Å². The quantitative estimate of drug-likeness (QED) is 0.758. The number of aliphatic hydroxyl groups excluding tert-OH is 1. The number of β-amino-alcohol motifs (C(OH)–C–C–N with tert-alkyl or cyclic N) is 1. The normalized spacial score (nSPS) is 38.7. The molecule has 0 aromatic carbocycles. The van der Waals surface area contributed by atoms with E-state index in [0.29, 0.717) is 25.3 Å². The van der Waals surface area contributed by atoms with Crippen molar-refractivity contribution in [2.24, 2.45) is 0 Å². The van der Waals surface area contributed by atoms with Crippen LogP contribution in [0.25, 0.3) is 0 Å². The maximum Gasteiger partial charge on any atom is 0.246 e. The Morgan fingerprint density at radius 1 is 1.53 bits per heavy atom. The summed E-state index contributed by atoms with van der Waals surface area (Å²) in [6.07, 6.45) is 2.59. The van der Waals surface area contributed by atoms with E-state index in [-0.39, 0.29) is 22.7 Å². The fourth-order valence-electron chi connectivity index (χ4n) is 3.37. The fraction of sp³-hybridized carbons (Fsp3) is 0.846. The smallest absolute Gasteiger partial charge is 0.246 e. The lowest BCUT2D eigenvalue weighted by molar-refractivity contribution is -0.145. The van der Waals surface area contributed by atoms with E-state index < -0.39 is 6.10 Å². The van der Waals surface area contributed by atoms with Crippen molar-refractivity contribution in [1.82, 2.24) is 9.80 Å². The van der Waals surface area contributed by atoms with Crippen LogP contribution in [0.15, 0.2) is 0 Å². The standard InChI is InChI=1S/C13H20N2O3S/c1-13-5-4-11(17)15(13)10(8-19-13)12(18)14-6-2-3-9(16)7-14/h9-10,16H,2-8H2,1H3/t9-,10?,13?/m0/s1. The molecule has 0 radical (unpaired) electrons. The first-order valence-corrected chi connectivity index (χ1v) is 7.93. The van der Waals surface area contributed by atoms with Crippen LogP contribution in [0, 0.1) is 0 Å². The number of hydrogen-bond donors (Lipinski definition) is 1. The molecule has 3 atom stereocenters. The molecule has 0 aromatic rings. The van der Waals surface area contributed by atoms with Gasteiger partial charge in [0.05, 0.1) is 11.0 Å². The zero-order valence-corrected chi connectivity index (χ0v) is 12.0. The molecule has 6 heteroatoms. The van der Waals surface area contributed by atoms with Crippen LogP contribution in [0.5, 0.6) is 0 Å². The molecule has 5 nitrogen and oxygen atoms in total. The van der Waals surface area contributed by atoms with Gasteiger partial charge in [-0.3, -0.25) is 9.59 Å². The molecule has 0 spiro atoms. The van der Waals surface area contributed by atoms with E-state index in [1.807, 2.05) is 0 Å². The molecule has 0 saturated carbocycles. The first kappa shape index (κ1) is 13.2. The number of carbonyl (C=O) groups excluding carboxylic acids is 2. The van der Waals surface area contributed by atoms with Crippen molar-refractivity contribution in [3.05, 3.63) is 0 Å². The molecule has 19 heavy (non-hydrogen) atoms. The van der Waals surface area contributed by atoms with Gasteiger partial charge in [0.25, 0.3) is 0 Å². The second-order valence-electron chi connectivity index (χ2n) is 5.85. The van der Waals surface area contributed by atoms with Crippen LogP contribution in [0.4, 0.5) is 0 Å². The number of hydrogen-bond acceptors (Lipinski definition) is 4. The second-order valence-corrected chi connectivity index (χ2v) is 7.35. The summed E-state index contributed by atoms with van der Waals surface area (Å²) in [6.45, 7) is 3.18. The van der Waals surface area contributed by atoms with Crippen molar-refractivity contribution in [3.8, 4) is 0 Å². The minimum Gasteiger partial charge on any atom is -0.391 e. The zero-order valence-electron chi connectivity index (χ0n) is 11.2. The third kappa shape index (κ3) is 2.14. The average molecular weight is 284 g/mol. The summed E-state index contributed by atoms with van der Waals surface area (Å²) < 4.78 is 0. The Bertz CT molecular complexity index is 417. The summed E-state index contributed by atoms with van der Waals surface area (Å²) in [5.74, 6) is 0.807. The minimum absolute atomic E-state index is 0.0187. The highest BCUT2D eigenvalue weighted by atomic mass is 32.2. The number of amides is 2. The summed E-state index contributed by atoms with van der Waals surface area (Å²) in [5.41, 5.74) is 0. The van der Waals surface area contributed by atoms with Gasteiger partial charge in [-0.1, -0.05) is 0 Å². The molecule has 0 aromatic heterocycles. The lowest BCUT2D eigenvalue weighted by atomic mass is 10.1. The van der Waals surface area contributed by atoms with Gasteiger partial charge < -0.3 is 14.9 Å². The molecule has 3 fully saturated rings. The van der Waals surface area contributed by atoms with Gasteiger partial charge in [0, 0.05) is 25.3 Å².